The monoisotopic (exact) mass is 250 g/mol. The van der Waals surface area contributed by atoms with Crippen molar-refractivity contribution in [2.24, 2.45) is 0 Å². The van der Waals surface area contributed by atoms with Gasteiger partial charge in [0.05, 0.1) is 10.8 Å². The second kappa shape index (κ2) is 8.24. The molecule has 0 aliphatic heterocycles. The summed E-state index contributed by atoms with van der Waals surface area (Å²) < 4.78 is 11.9. The van der Waals surface area contributed by atoms with Crippen LogP contribution in [0.15, 0.2) is 40.6 Å². The number of allylic oxidation sites excluding steroid dienone is 1. The molecule has 1 nitrogen and oxygen atoms in total. The lowest BCUT2D eigenvalue weighted by Gasteiger charge is -1.98. The van der Waals surface area contributed by atoms with Crippen LogP contribution in [-0.2, 0) is 10.8 Å². The van der Waals surface area contributed by atoms with Crippen molar-refractivity contribution < 1.29 is 4.21 Å². The van der Waals surface area contributed by atoms with E-state index in [-0.39, 0.29) is 0 Å². The summed E-state index contributed by atoms with van der Waals surface area (Å²) in [6.07, 6.45) is 8.13. The van der Waals surface area contributed by atoms with Gasteiger partial charge in [0.2, 0.25) is 0 Å². The SMILES string of the molecule is CCCCCC/C=C/S(=O)c1ccc(C)cc1. The van der Waals surface area contributed by atoms with Crippen molar-refractivity contribution in [2.45, 2.75) is 50.8 Å². The second-order valence-electron chi connectivity index (χ2n) is 4.33. The van der Waals surface area contributed by atoms with E-state index in [1.807, 2.05) is 42.7 Å². The number of unbranched alkanes of at least 4 members (excludes halogenated alkanes) is 4. The van der Waals surface area contributed by atoms with Crippen LogP contribution in [0.4, 0.5) is 0 Å². The predicted molar refractivity (Wildman–Crippen MR) is 75.5 cm³/mol. The summed E-state index contributed by atoms with van der Waals surface area (Å²) in [5, 5.41) is 1.82. The molecule has 0 N–H and O–H groups in total. The Kier molecular flexibility index (Phi) is 6.87. The van der Waals surface area contributed by atoms with E-state index in [2.05, 4.69) is 6.92 Å². The van der Waals surface area contributed by atoms with E-state index in [1.54, 1.807) is 0 Å². The lowest BCUT2D eigenvalue weighted by molar-refractivity contribution is 0.674. The Hall–Kier alpha value is -0.890. The van der Waals surface area contributed by atoms with E-state index in [0.29, 0.717) is 0 Å². The fourth-order valence-electron chi connectivity index (χ4n) is 1.60. The lowest BCUT2D eigenvalue weighted by atomic mass is 10.2. The molecule has 1 unspecified atom stereocenters. The van der Waals surface area contributed by atoms with Gasteiger partial charge in [0.15, 0.2) is 0 Å². The Bertz CT molecular complexity index is 365. The fourth-order valence-corrected chi connectivity index (χ4v) is 2.47. The summed E-state index contributed by atoms with van der Waals surface area (Å²) in [7, 11) is -0.979. The van der Waals surface area contributed by atoms with Crippen LogP contribution in [0.2, 0.25) is 0 Å². The third kappa shape index (κ3) is 5.83. The molecule has 17 heavy (non-hydrogen) atoms. The van der Waals surface area contributed by atoms with Gasteiger partial charge in [-0.15, -0.1) is 0 Å². The molecule has 0 aliphatic carbocycles. The molecule has 0 fully saturated rings. The first-order valence-electron chi connectivity index (χ1n) is 6.38. The smallest absolute Gasteiger partial charge is 0.0772 e. The largest absolute Gasteiger partial charge is 0.250 e. The van der Waals surface area contributed by atoms with Crippen LogP contribution in [0.25, 0.3) is 0 Å². The molecule has 0 aromatic heterocycles. The molecular formula is C15H22OS. The quantitative estimate of drug-likeness (QED) is 0.647. The predicted octanol–water partition coefficient (Wildman–Crippen LogP) is 4.59. The molecule has 1 aromatic carbocycles. The molecule has 1 atom stereocenters. The Morgan fingerprint density at radius 2 is 1.82 bits per heavy atom. The van der Waals surface area contributed by atoms with Gasteiger partial charge in [-0.3, -0.25) is 0 Å². The Morgan fingerprint density at radius 1 is 1.12 bits per heavy atom. The molecule has 0 bridgehead atoms. The maximum atomic E-state index is 11.9. The topological polar surface area (TPSA) is 17.1 Å². The van der Waals surface area contributed by atoms with Gasteiger partial charge in [-0.1, -0.05) is 50.0 Å². The van der Waals surface area contributed by atoms with E-state index >= 15 is 0 Å². The summed E-state index contributed by atoms with van der Waals surface area (Å²) in [5.74, 6) is 0. The first-order chi connectivity index (χ1) is 8.24. The highest BCUT2D eigenvalue weighted by Gasteiger charge is 1.97. The summed E-state index contributed by atoms with van der Waals surface area (Å²) in [6.45, 7) is 4.25. The van der Waals surface area contributed by atoms with E-state index in [1.165, 1.54) is 31.2 Å². The van der Waals surface area contributed by atoms with Crippen LogP contribution in [0.5, 0.6) is 0 Å². The zero-order valence-corrected chi connectivity index (χ0v) is 11.6. The highest BCUT2D eigenvalue weighted by atomic mass is 32.2. The normalized spacial score (nSPS) is 13.1. The number of rotatable bonds is 7. The molecule has 0 spiro atoms. The number of hydrogen-bond acceptors (Lipinski definition) is 1. The molecule has 0 amide bonds. The van der Waals surface area contributed by atoms with Crippen molar-refractivity contribution >= 4 is 10.8 Å². The highest BCUT2D eigenvalue weighted by Crippen LogP contribution is 2.10. The van der Waals surface area contributed by atoms with Crippen LogP contribution in [0.1, 0.15) is 44.6 Å². The van der Waals surface area contributed by atoms with Gasteiger partial charge in [0, 0.05) is 10.3 Å². The molecule has 0 radical (unpaired) electrons. The molecule has 0 aliphatic rings. The standard InChI is InChI=1S/C15H22OS/c1-3-4-5-6-7-8-13-17(16)15-11-9-14(2)10-12-15/h8-13H,3-7H2,1-2H3/b13-8+. The zero-order valence-electron chi connectivity index (χ0n) is 10.8. The second-order valence-corrected chi connectivity index (χ2v) is 5.67. The van der Waals surface area contributed by atoms with Crippen molar-refractivity contribution in [1.82, 2.24) is 0 Å². The minimum atomic E-state index is -0.979. The molecule has 0 saturated carbocycles. The lowest BCUT2D eigenvalue weighted by Crippen LogP contribution is -1.86. The van der Waals surface area contributed by atoms with Crippen molar-refractivity contribution in [3.8, 4) is 0 Å². The van der Waals surface area contributed by atoms with Crippen molar-refractivity contribution in [2.75, 3.05) is 0 Å². The van der Waals surface area contributed by atoms with E-state index in [9.17, 15) is 4.21 Å². The van der Waals surface area contributed by atoms with Crippen LogP contribution < -0.4 is 0 Å². The van der Waals surface area contributed by atoms with Gasteiger partial charge in [-0.05, 0) is 31.9 Å². The number of hydrogen-bond donors (Lipinski definition) is 0. The number of benzene rings is 1. The molecule has 2 heteroatoms. The molecule has 0 saturated heterocycles. The fraction of sp³-hybridized carbons (Fsp3) is 0.467. The van der Waals surface area contributed by atoms with Gasteiger partial charge < -0.3 is 0 Å². The van der Waals surface area contributed by atoms with Gasteiger partial charge in [-0.25, -0.2) is 4.21 Å². The third-order valence-corrected chi connectivity index (χ3v) is 3.87. The van der Waals surface area contributed by atoms with E-state index in [4.69, 9.17) is 0 Å². The first kappa shape index (κ1) is 14.2. The van der Waals surface area contributed by atoms with Crippen molar-refractivity contribution in [3.63, 3.8) is 0 Å². The molecule has 1 aromatic rings. The molecule has 94 valence electrons. The van der Waals surface area contributed by atoms with Crippen molar-refractivity contribution in [3.05, 3.63) is 41.3 Å². The van der Waals surface area contributed by atoms with Crippen LogP contribution >= 0.6 is 0 Å². The van der Waals surface area contributed by atoms with Gasteiger partial charge >= 0.3 is 0 Å². The van der Waals surface area contributed by atoms with Crippen LogP contribution in [0.3, 0.4) is 0 Å². The Labute approximate surface area is 107 Å². The van der Waals surface area contributed by atoms with Gasteiger partial charge in [-0.2, -0.15) is 0 Å². The Morgan fingerprint density at radius 3 is 2.47 bits per heavy atom. The minimum Gasteiger partial charge on any atom is -0.250 e. The molecule has 1 rings (SSSR count). The third-order valence-electron chi connectivity index (χ3n) is 2.70. The van der Waals surface area contributed by atoms with Crippen LogP contribution in [0, 0.1) is 6.92 Å². The zero-order chi connectivity index (χ0) is 12.5. The van der Waals surface area contributed by atoms with Gasteiger partial charge in [0.1, 0.15) is 0 Å². The minimum absolute atomic E-state index is 0.889. The average Bonchev–Trinajstić information content (AvgIpc) is 2.34. The summed E-state index contributed by atoms with van der Waals surface area (Å²) >= 11 is 0. The maximum Gasteiger partial charge on any atom is 0.0772 e. The molecule has 0 heterocycles. The summed E-state index contributed by atoms with van der Waals surface area (Å²) in [6, 6.07) is 7.88. The van der Waals surface area contributed by atoms with Gasteiger partial charge in [0.25, 0.3) is 0 Å². The Balaban J connectivity index is 2.33. The van der Waals surface area contributed by atoms with Crippen molar-refractivity contribution in [1.29, 1.82) is 0 Å². The number of aryl methyl sites for hydroxylation is 1. The first-order valence-corrected chi connectivity index (χ1v) is 7.59. The highest BCUT2D eigenvalue weighted by molar-refractivity contribution is 7.88. The average molecular weight is 250 g/mol. The molecular weight excluding hydrogens is 228 g/mol. The summed E-state index contributed by atoms with van der Waals surface area (Å²) in [5.41, 5.74) is 1.20. The summed E-state index contributed by atoms with van der Waals surface area (Å²) in [4.78, 5) is 0.889. The maximum absolute atomic E-state index is 11.9. The van der Waals surface area contributed by atoms with E-state index < -0.39 is 10.8 Å². The van der Waals surface area contributed by atoms with E-state index in [0.717, 1.165) is 11.3 Å². The van der Waals surface area contributed by atoms with Crippen LogP contribution in [-0.4, -0.2) is 4.21 Å².